The monoisotopic (exact) mass is 561 g/mol. The minimum Gasteiger partial charge on any atom is -0.468 e. The number of esters is 1. The summed E-state index contributed by atoms with van der Waals surface area (Å²) in [4.78, 5) is 54.6. The zero-order valence-corrected chi connectivity index (χ0v) is 26.3. The van der Waals surface area contributed by atoms with Crippen LogP contribution in [0.25, 0.3) is 0 Å². The number of methoxy groups -OCH3 is 1. The summed E-state index contributed by atoms with van der Waals surface area (Å²) in [7, 11) is 1.25. The second-order valence-electron chi connectivity index (χ2n) is 12.4. The summed E-state index contributed by atoms with van der Waals surface area (Å²) in [6, 6.07) is 3.33. The summed E-state index contributed by atoms with van der Waals surface area (Å²) >= 11 is 0. The van der Waals surface area contributed by atoms with Crippen molar-refractivity contribution in [2.24, 2.45) is 11.8 Å². The Labute approximate surface area is 240 Å². The molecule has 226 valence electrons. The first-order chi connectivity index (χ1) is 18.5. The fourth-order valence-corrected chi connectivity index (χ4v) is 4.45. The SMILES string of the molecule is COC(=O)CNC(=O)C(c1cccc(C)c1C)N(C(=O)C(CC(C)C)NC(=O)OC(C)(C)C)C(C)CCC(C)C. The molecule has 0 aliphatic carbocycles. The molecule has 3 unspecified atom stereocenters. The maximum atomic E-state index is 14.5. The first kappa shape index (κ1) is 34.9. The van der Waals surface area contributed by atoms with Crippen molar-refractivity contribution < 1.29 is 28.7 Å². The van der Waals surface area contributed by atoms with Crippen molar-refractivity contribution in [1.82, 2.24) is 15.5 Å². The van der Waals surface area contributed by atoms with Crippen LogP contribution < -0.4 is 10.6 Å². The van der Waals surface area contributed by atoms with Crippen LogP contribution in [0.2, 0.25) is 0 Å². The second kappa shape index (κ2) is 15.6. The number of hydrogen-bond acceptors (Lipinski definition) is 6. The number of nitrogens with one attached hydrogen (secondary N) is 2. The van der Waals surface area contributed by atoms with Gasteiger partial charge in [0.2, 0.25) is 11.8 Å². The lowest BCUT2D eigenvalue weighted by Crippen LogP contribution is -2.56. The highest BCUT2D eigenvalue weighted by atomic mass is 16.6. The minimum atomic E-state index is -1.03. The van der Waals surface area contributed by atoms with Crippen LogP contribution in [-0.4, -0.2) is 60.1 Å². The highest BCUT2D eigenvalue weighted by molar-refractivity contribution is 5.93. The summed E-state index contributed by atoms with van der Waals surface area (Å²) in [6.07, 6.45) is 1.15. The van der Waals surface area contributed by atoms with E-state index in [-0.39, 0.29) is 24.4 Å². The van der Waals surface area contributed by atoms with E-state index in [4.69, 9.17) is 9.47 Å². The van der Waals surface area contributed by atoms with Crippen molar-refractivity contribution in [3.8, 4) is 0 Å². The van der Waals surface area contributed by atoms with Gasteiger partial charge >= 0.3 is 12.1 Å². The first-order valence-electron chi connectivity index (χ1n) is 14.2. The van der Waals surface area contributed by atoms with Gasteiger partial charge in [0.1, 0.15) is 24.2 Å². The maximum Gasteiger partial charge on any atom is 0.408 e. The van der Waals surface area contributed by atoms with E-state index in [1.54, 1.807) is 25.7 Å². The van der Waals surface area contributed by atoms with Crippen molar-refractivity contribution in [3.63, 3.8) is 0 Å². The van der Waals surface area contributed by atoms with Crippen molar-refractivity contribution >= 4 is 23.9 Å². The van der Waals surface area contributed by atoms with Gasteiger partial charge < -0.3 is 25.0 Å². The van der Waals surface area contributed by atoms with Gasteiger partial charge in [-0.1, -0.05) is 45.9 Å². The molecular formula is C31H51N3O6. The van der Waals surface area contributed by atoms with E-state index < -0.39 is 35.7 Å². The van der Waals surface area contributed by atoms with Gasteiger partial charge in [-0.25, -0.2) is 4.79 Å². The zero-order chi connectivity index (χ0) is 30.8. The van der Waals surface area contributed by atoms with Crippen LogP contribution in [0.15, 0.2) is 18.2 Å². The molecule has 0 saturated carbocycles. The average Bonchev–Trinajstić information content (AvgIpc) is 2.83. The van der Waals surface area contributed by atoms with Crippen molar-refractivity contribution in [3.05, 3.63) is 34.9 Å². The molecule has 0 aromatic heterocycles. The van der Waals surface area contributed by atoms with Gasteiger partial charge in [0.15, 0.2) is 0 Å². The summed E-state index contributed by atoms with van der Waals surface area (Å²) in [5.74, 6) is -1.01. The van der Waals surface area contributed by atoms with Gasteiger partial charge in [0.25, 0.3) is 0 Å². The molecule has 0 bridgehead atoms. The molecule has 0 aliphatic rings. The van der Waals surface area contributed by atoms with E-state index in [0.717, 1.165) is 17.5 Å². The molecule has 1 rings (SSSR count). The number of aryl methyl sites for hydroxylation is 1. The van der Waals surface area contributed by atoms with E-state index >= 15 is 0 Å². The van der Waals surface area contributed by atoms with Gasteiger partial charge in [-0.05, 0) is 89.3 Å². The Morgan fingerprint density at radius 3 is 2.10 bits per heavy atom. The van der Waals surface area contributed by atoms with Crippen molar-refractivity contribution in [2.75, 3.05) is 13.7 Å². The lowest BCUT2D eigenvalue weighted by Gasteiger charge is -2.39. The molecule has 1 aromatic carbocycles. The van der Waals surface area contributed by atoms with E-state index in [1.165, 1.54) is 7.11 Å². The number of alkyl carbamates (subject to hydrolysis) is 1. The molecule has 2 N–H and O–H groups in total. The smallest absolute Gasteiger partial charge is 0.408 e. The third-order valence-corrected chi connectivity index (χ3v) is 6.69. The number of amides is 3. The first-order valence-corrected chi connectivity index (χ1v) is 14.2. The van der Waals surface area contributed by atoms with Crippen LogP contribution in [0.4, 0.5) is 4.79 Å². The highest BCUT2D eigenvalue weighted by Crippen LogP contribution is 2.31. The molecule has 0 aliphatic heterocycles. The molecule has 3 amide bonds. The number of nitrogens with zero attached hydrogens (tertiary/aromatic N) is 1. The van der Waals surface area contributed by atoms with E-state index in [2.05, 4.69) is 24.5 Å². The fourth-order valence-electron chi connectivity index (χ4n) is 4.45. The van der Waals surface area contributed by atoms with Crippen LogP contribution >= 0.6 is 0 Å². The molecule has 0 radical (unpaired) electrons. The Morgan fingerprint density at radius 1 is 0.950 bits per heavy atom. The topological polar surface area (TPSA) is 114 Å². The van der Waals surface area contributed by atoms with Gasteiger partial charge in [-0.15, -0.1) is 0 Å². The third-order valence-electron chi connectivity index (χ3n) is 6.69. The summed E-state index contributed by atoms with van der Waals surface area (Å²) < 4.78 is 10.2. The number of hydrogen-bond donors (Lipinski definition) is 2. The second-order valence-corrected chi connectivity index (χ2v) is 12.4. The summed E-state index contributed by atoms with van der Waals surface area (Å²) in [5, 5.41) is 5.44. The van der Waals surface area contributed by atoms with Gasteiger partial charge in [-0.3, -0.25) is 14.4 Å². The molecular weight excluding hydrogens is 510 g/mol. The van der Waals surface area contributed by atoms with Gasteiger partial charge in [0.05, 0.1) is 7.11 Å². The van der Waals surface area contributed by atoms with E-state index in [9.17, 15) is 19.2 Å². The Bertz CT molecular complexity index is 1010. The van der Waals surface area contributed by atoms with Gasteiger partial charge in [-0.2, -0.15) is 0 Å². The third kappa shape index (κ3) is 11.2. The standard InChI is InChI=1S/C31H51N3O6/c1-19(2)15-16-22(6)34(29(37)25(17-20(3)4)33-30(38)40-31(8,9)10)27(28(36)32-18-26(35)39-11)24-14-12-13-21(5)23(24)7/h12-14,19-20,22,25,27H,15-18H2,1-11H3,(H,32,36)(H,33,38). The Morgan fingerprint density at radius 2 is 1.57 bits per heavy atom. The number of carbonyl (C=O) groups is 4. The largest absolute Gasteiger partial charge is 0.468 e. The molecule has 40 heavy (non-hydrogen) atoms. The summed E-state index contributed by atoms with van der Waals surface area (Å²) in [6.45, 7) is 18.9. The molecule has 9 nitrogen and oxygen atoms in total. The molecule has 0 fully saturated rings. The van der Waals surface area contributed by atoms with E-state index in [1.807, 2.05) is 52.8 Å². The number of benzene rings is 1. The Kier molecular flexibility index (Phi) is 13.6. The van der Waals surface area contributed by atoms with Crippen LogP contribution in [0.1, 0.15) is 97.4 Å². The fraction of sp³-hybridized carbons (Fsp3) is 0.677. The molecule has 0 spiro atoms. The normalized spacial score (nSPS) is 13.8. The highest BCUT2D eigenvalue weighted by Gasteiger charge is 2.39. The van der Waals surface area contributed by atoms with Gasteiger partial charge in [0, 0.05) is 6.04 Å². The molecule has 3 atom stereocenters. The number of rotatable bonds is 13. The van der Waals surface area contributed by atoms with E-state index in [0.29, 0.717) is 24.3 Å². The zero-order valence-electron chi connectivity index (χ0n) is 26.3. The Balaban J connectivity index is 3.71. The number of carbonyl (C=O) groups excluding carboxylic acids is 4. The maximum absolute atomic E-state index is 14.5. The lowest BCUT2D eigenvalue weighted by molar-refractivity contribution is -0.147. The van der Waals surface area contributed by atoms with Crippen LogP contribution in [0.5, 0.6) is 0 Å². The molecule has 9 heteroatoms. The van der Waals surface area contributed by atoms with Crippen molar-refractivity contribution in [1.29, 1.82) is 0 Å². The molecule has 0 saturated heterocycles. The van der Waals surface area contributed by atoms with Crippen LogP contribution in [0, 0.1) is 25.7 Å². The Hall–Kier alpha value is -3.10. The number of ether oxygens (including phenoxy) is 2. The lowest BCUT2D eigenvalue weighted by atomic mass is 9.92. The predicted molar refractivity (Wildman–Crippen MR) is 157 cm³/mol. The molecule has 0 heterocycles. The summed E-state index contributed by atoms with van der Waals surface area (Å²) in [5.41, 5.74) is 1.76. The van der Waals surface area contributed by atoms with Crippen LogP contribution in [0.3, 0.4) is 0 Å². The predicted octanol–water partition coefficient (Wildman–Crippen LogP) is 5.23. The minimum absolute atomic E-state index is 0.0732. The average molecular weight is 562 g/mol. The van der Waals surface area contributed by atoms with Crippen molar-refractivity contribution in [2.45, 2.75) is 112 Å². The van der Waals surface area contributed by atoms with Crippen LogP contribution in [-0.2, 0) is 23.9 Å². The molecule has 1 aromatic rings. The quantitative estimate of drug-likeness (QED) is 0.319.